The number of hydrogen-bond acceptors (Lipinski definition) is 9. The fourth-order valence-electron chi connectivity index (χ4n) is 6.48. The van der Waals surface area contributed by atoms with E-state index in [1.807, 2.05) is 36.6 Å². The predicted molar refractivity (Wildman–Crippen MR) is 172 cm³/mol. The van der Waals surface area contributed by atoms with E-state index in [0.29, 0.717) is 25.1 Å². The minimum Gasteiger partial charge on any atom is -0.446 e. The molecule has 0 radical (unpaired) electrons. The lowest BCUT2D eigenvalue weighted by atomic mass is 9.93. The number of thiazole rings is 1. The van der Waals surface area contributed by atoms with Gasteiger partial charge in [-0.05, 0) is 70.4 Å². The smallest absolute Gasteiger partial charge is 0.411 e. The van der Waals surface area contributed by atoms with Crippen LogP contribution in [0.25, 0.3) is 10.6 Å². The highest BCUT2D eigenvalue weighted by molar-refractivity contribution is 7.91. The summed E-state index contributed by atoms with van der Waals surface area (Å²) in [6.07, 6.45) is 7.83. The molecule has 12 nitrogen and oxygen atoms in total. The summed E-state index contributed by atoms with van der Waals surface area (Å²) in [7, 11) is -2.13. The van der Waals surface area contributed by atoms with Crippen LogP contribution in [-0.2, 0) is 29.1 Å². The second kappa shape index (κ2) is 12.8. The van der Waals surface area contributed by atoms with Gasteiger partial charge in [0.25, 0.3) is 5.91 Å². The van der Waals surface area contributed by atoms with Crippen molar-refractivity contribution >= 4 is 50.9 Å². The van der Waals surface area contributed by atoms with E-state index in [2.05, 4.69) is 20.3 Å². The van der Waals surface area contributed by atoms with Crippen LogP contribution in [0.15, 0.2) is 41.9 Å². The van der Waals surface area contributed by atoms with Crippen LogP contribution in [0.4, 0.5) is 10.5 Å². The van der Waals surface area contributed by atoms with Crippen LogP contribution >= 0.6 is 11.3 Å². The fraction of sp³-hybridized carbons (Fsp3) is 0.531. The zero-order valence-electron chi connectivity index (χ0n) is 25.9. The van der Waals surface area contributed by atoms with Crippen LogP contribution in [0.5, 0.6) is 0 Å². The molecule has 4 aliphatic rings. The first-order valence-corrected chi connectivity index (χ1v) is 18.2. The first-order chi connectivity index (χ1) is 22.0. The van der Waals surface area contributed by atoms with E-state index in [0.717, 1.165) is 35.4 Å². The highest BCUT2D eigenvalue weighted by Crippen LogP contribution is 2.47. The number of aryl methyl sites for hydroxylation is 1. The molecular weight excluding hydrogens is 631 g/mol. The van der Waals surface area contributed by atoms with Gasteiger partial charge in [-0.15, -0.1) is 11.3 Å². The van der Waals surface area contributed by atoms with Crippen molar-refractivity contribution in [3.63, 3.8) is 0 Å². The van der Waals surface area contributed by atoms with Crippen LogP contribution in [-0.4, -0.2) is 72.6 Å². The zero-order valence-corrected chi connectivity index (χ0v) is 27.5. The number of fused-ring (bicyclic) bond motifs is 2. The van der Waals surface area contributed by atoms with Gasteiger partial charge in [0, 0.05) is 36.7 Å². The van der Waals surface area contributed by atoms with Crippen molar-refractivity contribution in [2.24, 2.45) is 17.8 Å². The molecule has 1 aromatic carbocycles. The number of ether oxygens (including phenoxy) is 1. The maximum absolute atomic E-state index is 13.9. The summed E-state index contributed by atoms with van der Waals surface area (Å²) in [5.74, 6) is -3.55. The average molecular weight is 670 g/mol. The number of carbonyl (C=O) groups is 4. The Balaban J connectivity index is 1.20. The van der Waals surface area contributed by atoms with Gasteiger partial charge >= 0.3 is 6.09 Å². The number of allylic oxidation sites excluding steroid dienone is 1. The van der Waals surface area contributed by atoms with Crippen molar-refractivity contribution < 1.29 is 32.3 Å². The van der Waals surface area contributed by atoms with Crippen molar-refractivity contribution in [3.05, 3.63) is 47.5 Å². The third-order valence-electron chi connectivity index (χ3n) is 9.34. The maximum Gasteiger partial charge on any atom is 0.411 e. The van der Waals surface area contributed by atoms with Crippen LogP contribution in [0.2, 0.25) is 0 Å². The first kappa shape index (κ1) is 32.2. The summed E-state index contributed by atoms with van der Waals surface area (Å²) in [5.41, 5.74) is 0.855. The molecule has 0 bridgehead atoms. The van der Waals surface area contributed by atoms with E-state index < -0.39 is 56.7 Å². The lowest BCUT2D eigenvalue weighted by Gasteiger charge is -2.26. The molecule has 1 aliphatic heterocycles. The molecule has 5 atom stereocenters. The normalized spacial score (nSPS) is 29.0. The second-order valence-corrected chi connectivity index (χ2v) is 15.7. The molecule has 3 saturated carbocycles. The minimum absolute atomic E-state index is 0.0787. The summed E-state index contributed by atoms with van der Waals surface area (Å²) in [4.78, 5) is 60.1. The number of rotatable bonds is 6. The highest BCUT2D eigenvalue weighted by atomic mass is 32.2. The number of aromatic nitrogens is 1. The number of carbonyl (C=O) groups excluding carboxylic acids is 4. The predicted octanol–water partition coefficient (Wildman–Crippen LogP) is 3.74. The van der Waals surface area contributed by atoms with E-state index in [4.69, 9.17) is 4.74 Å². The Bertz CT molecular complexity index is 1660. The van der Waals surface area contributed by atoms with Gasteiger partial charge in [0.15, 0.2) is 0 Å². The molecule has 3 fully saturated rings. The molecule has 14 heteroatoms. The summed E-state index contributed by atoms with van der Waals surface area (Å²) >= 11 is 1.44. The standard InChI is InChI=1S/C32H39N5O7S2/c1-19-8-11-26(25(15-19)28-33-12-14-45-28)34-31(41)44-21-16-23-24(17-21)29(39)37(2)13-6-4-3-5-7-20-18-32(20,35-27(23)38)30(40)36-46(42,43)22-9-10-22/h5,7-8,11-12,14-15,20-24H,3-4,6,9-10,13,16-18H2,1-2H3,(H,34,41)(H,35,38)(H,36,40)/b7-5+. The van der Waals surface area contributed by atoms with Gasteiger partial charge in [-0.3, -0.25) is 24.4 Å². The van der Waals surface area contributed by atoms with Gasteiger partial charge in [0.1, 0.15) is 16.7 Å². The second-order valence-electron chi connectivity index (χ2n) is 12.9. The number of anilines is 1. The fourth-order valence-corrected chi connectivity index (χ4v) is 8.51. The van der Waals surface area contributed by atoms with Crippen molar-refractivity contribution in [3.8, 4) is 10.6 Å². The first-order valence-electron chi connectivity index (χ1n) is 15.7. The van der Waals surface area contributed by atoms with Gasteiger partial charge in [0.2, 0.25) is 21.8 Å². The number of sulfonamides is 1. The van der Waals surface area contributed by atoms with Gasteiger partial charge in [-0.2, -0.15) is 0 Å². The number of benzene rings is 1. The van der Waals surface area contributed by atoms with Crippen LogP contribution in [0, 0.1) is 24.7 Å². The molecule has 1 aromatic heterocycles. The molecule has 2 heterocycles. The van der Waals surface area contributed by atoms with Gasteiger partial charge < -0.3 is 15.0 Å². The Labute approximate surface area is 272 Å². The molecule has 4 amide bonds. The number of nitrogens with one attached hydrogen (secondary N) is 3. The van der Waals surface area contributed by atoms with E-state index >= 15 is 0 Å². The minimum atomic E-state index is -3.83. The van der Waals surface area contributed by atoms with E-state index in [1.165, 1.54) is 11.3 Å². The Hall–Kier alpha value is -3.78. The Morgan fingerprint density at radius 2 is 1.93 bits per heavy atom. The quantitative estimate of drug-likeness (QED) is 0.392. The maximum atomic E-state index is 13.9. The van der Waals surface area contributed by atoms with E-state index in [-0.39, 0.29) is 31.1 Å². The third-order valence-corrected chi connectivity index (χ3v) is 12.0. The highest BCUT2D eigenvalue weighted by Gasteiger charge is 2.62. The van der Waals surface area contributed by atoms with E-state index in [9.17, 15) is 27.6 Å². The zero-order chi connectivity index (χ0) is 32.6. The molecule has 0 spiro atoms. The molecule has 3 aliphatic carbocycles. The summed E-state index contributed by atoms with van der Waals surface area (Å²) < 4.78 is 33.2. The summed E-state index contributed by atoms with van der Waals surface area (Å²) in [6, 6.07) is 5.57. The topological polar surface area (TPSA) is 164 Å². The summed E-state index contributed by atoms with van der Waals surface area (Å²) in [6.45, 7) is 2.47. The molecule has 6 rings (SSSR count). The van der Waals surface area contributed by atoms with Gasteiger partial charge in [-0.1, -0.05) is 23.8 Å². The molecule has 2 aromatic rings. The summed E-state index contributed by atoms with van der Waals surface area (Å²) in [5, 5.41) is 7.65. The van der Waals surface area contributed by atoms with Crippen molar-refractivity contribution in [2.75, 3.05) is 18.9 Å². The number of nitrogens with zero attached hydrogens (tertiary/aromatic N) is 2. The van der Waals surface area contributed by atoms with Crippen molar-refractivity contribution in [1.29, 1.82) is 0 Å². The Kier molecular flexibility index (Phi) is 8.94. The van der Waals surface area contributed by atoms with Crippen LogP contribution < -0.4 is 15.4 Å². The molecule has 5 unspecified atom stereocenters. The lowest BCUT2D eigenvalue weighted by Crippen LogP contribution is -2.54. The molecule has 246 valence electrons. The van der Waals surface area contributed by atoms with Gasteiger partial charge in [-0.25, -0.2) is 18.2 Å². The van der Waals surface area contributed by atoms with Crippen LogP contribution in [0.3, 0.4) is 0 Å². The average Bonchev–Trinajstić information content (AvgIpc) is 3.87. The van der Waals surface area contributed by atoms with Gasteiger partial charge in [0.05, 0.1) is 22.8 Å². The Morgan fingerprint density at radius 3 is 2.67 bits per heavy atom. The molecule has 46 heavy (non-hydrogen) atoms. The Morgan fingerprint density at radius 1 is 1.15 bits per heavy atom. The molecule has 0 saturated heterocycles. The number of hydrogen-bond donors (Lipinski definition) is 3. The molecule has 3 N–H and O–H groups in total. The van der Waals surface area contributed by atoms with Crippen LogP contribution in [0.1, 0.15) is 56.9 Å². The lowest BCUT2D eigenvalue weighted by molar-refractivity contribution is -0.140. The largest absolute Gasteiger partial charge is 0.446 e. The monoisotopic (exact) mass is 669 g/mol. The molecular formula is C32H39N5O7S2. The van der Waals surface area contributed by atoms with Crippen molar-refractivity contribution in [2.45, 2.75) is 75.2 Å². The number of amides is 4. The van der Waals surface area contributed by atoms with Crippen molar-refractivity contribution in [1.82, 2.24) is 19.9 Å². The van der Waals surface area contributed by atoms with E-state index in [1.54, 1.807) is 24.2 Å². The third kappa shape index (κ3) is 6.82. The SMILES string of the molecule is Cc1ccc(NC(=O)OC2CC3C(=O)NC4(C(=O)NS(=O)(=O)C5CC5)CC4/C=C/CCCCN(C)C(=O)C3C2)c(-c2nccs2)c1.